The summed E-state index contributed by atoms with van der Waals surface area (Å²) in [6.07, 6.45) is 3.32. The van der Waals surface area contributed by atoms with E-state index in [0.29, 0.717) is 12.2 Å². The molecule has 100 valence electrons. The van der Waals surface area contributed by atoms with E-state index in [-0.39, 0.29) is 5.97 Å². The highest BCUT2D eigenvalue weighted by atomic mass is 79.9. The average molecular weight is 315 g/mol. The lowest BCUT2D eigenvalue weighted by atomic mass is 10.1. The Balaban J connectivity index is 2.58. The van der Waals surface area contributed by atoms with Crippen molar-refractivity contribution in [1.82, 2.24) is 0 Å². The van der Waals surface area contributed by atoms with Crippen molar-refractivity contribution in [2.24, 2.45) is 0 Å². The zero-order valence-electron chi connectivity index (χ0n) is 10.9. The number of ether oxygens (including phenoxy) is 2. The monoisotopic (exact) mass is 314 g/mol. The topological polar surface area (TPSA) is 35.5 Å². The molecule has 1 aromatic carbocycles. The smallest absolute Gasteiger partial charge is 0.338 e. The largest absolute Gasteiger partial charge is 0.493 e. The van der Waals surface area contributed by atoms with Crippen molar-refractivity contribution in [3.63, 3.8) is 0 Å². The van der Waals surface area contributed by atoms with Crippen LogP contribution in [0.15, 0.2) is 18.2 Å². The average Bonchev–Trinajstić information content (AvgIpc) is 2.39. The van der Waals surface area contributed by atoms with Crippen LogP contribution in [0.5, 0.6) is 5.75 Å². The first-order valence-corrected chi connectivity index (χ1v) is 7.19. The number of methoxy groups -OCH3 is 1. The highest BCUT2D eigenvalue weighted by Crippen LogP contribution is 2.22. The predicted molar refractivity (Wildman–Crippen MR) is 75.7 cm³/mol. The van der Waals surface area contributed by atoms with Crippen LogP contribution in [0.4, 0.5) is 0 Å². The molecule has 0 saturated heterocycles. The number of halogens is 1. The van der Waals surface area contributed by atoms with Crippen LogP contribution in [-0.2, 0) is 4.74 Å². The van der Waals surface area contributed by atoms with E-state index in [9.17, 15) is 4.79 Å². The zero-order chi connectivity index (χ0) is 13.4. The Hall–Kier alpha value is -1.03. The number of rotatable bonds is 7. The van der Waals surface area contributed by atoms with Gasteiger partial charge in [-0.1, -0.05) is 22.0 Å². The first-order valence-electron chi connectivity index (χ1n) is 6.07. The van der Waals surface area contributed by atoms with Gasteiger partial charge in [0.25, 0.3) is 0 Å². The van der Waals surface area contributed by atoms with Gasteiger partial charge in [0.05, 0.1) is 19.3 Å². The molecular formula is C14H19BrO3. The molecule has 0 aliphatic carbocycles. The van der Waals surface area contributed by atoms with E-state index in [2.05, 4.69) is 15.9 Å². The molecule has 0 fully saturated rings. The lowest BCUT2D eigenvalue weighted by molar-refractivity contribution is 0.0599. The van der Waals surface area contributed by atoms with Gasteiger partial charge in [-0.05, 0) is 38.3 Å². The molecule has 0 heterocycles. The zero-order valence-corrected chi connectivity index (χ0v) is 12.5. The number of carbonyl (C=O) groups excluding carboxylic acids is 1. The fourth-order valence-electron chi connectivity index (χ4n) is 1.66. The number of carbonyl (C=O) groups is 1. The fourth-order valence-corrected chi connectivity index (χ4v) is 2.05. The van der Waals surface area contributed by atoms with E-state index in [1.54, 1.807) is 6.07 Å². The van der Waals surface area contributed by atoms with Crippen LogP contribution >= 0.6 is 15.9 Å². The van der Waals surface area contributed by atoms with Crippen molar-refractivity contribution in [3.8, 4) is 5.75 Å². The van der Waals surface area contributed by atoms with Gasteiger partial charge in [-0.15, -0.1) is 0 Å². The Labute approximate surface area is 117 Å². The lowest BCUT2D eigenvalue weighted by Crippen LogP contribution is -2.06. The van der Waals surface area contributed by atoms with Gasteiger partial charge < -0.3 is 9.47 Å². The van der Waals surface area contributed by atoms with Crippen LogP contribution in [0.2, 0.25) is 0 Å². The van der Waals surface area contributed by atoms with E-state index in [0.717, 1.165) is 35.9 Å². The van der Waals surface area contributed by atoms with Gasteiger partial charge >= 0.3 is 5.97 Å². The van der Waals surface area contributed by atoms with Crippen molar-refractivity contribution in [3.05, 3.63) is 29.3 Å². The quantitative estimate of drug-likeness (QED) is 0.437. The third-order valence-electron chi connectivity index (χ3n) is 2.72. The highest BCUT2D eigenvalue weighted by Gasteiger charge is 2.12. The molecule has 0 aliphatic heterocycles. The molecular weight excluding hydrogens is 296 g/mol. The maximum Gasteiger partial charge on any atom is 0.338 e. The second kappa shape index (κ2) is 8.14. The minimum Gasteiger partial charge on any atom is -0.493 e. The number of benzene rings is 1. The summed E-state index contributed by atoms with van der Waals surface area (Å²) in [7, 11) is 1.38. The van der Waals surface area contributed by atoms with Crippen molar-refractivity contribution < 1.29 is 14.3 Å². The molecule has 4 heteroatoms. The van der Waals surface area contributed by atoms with Crippen molar-refractivity contribution in [1.29, 1.82) is 0 Å². The molecule has 0 spiro atoms. The van der Waals surface area contributed by atoms with Crippen molar-refractivity contribution >= 4 is 21.9 Å². The molecule has 3 nitrogen and oxygen atoms in total. The Bertz CT molecular complexity index is 391. The predicted octanol–water partition coefficient (Wildman–Crippen LogP) is 3.73. The molecule has 1 aromatic rings. The van der Waals surface area contributed by atoms with Crippen LogP contribution in [0.25, 0.3) is 0 Å². The van der Waals surface area contributed by atoms with Crippen LogP contribution in [0.1, 0.15) is 35.2 Å². The molecule has 0 aromatic heterocycles. The molecule has 0 bridgehead atoms. The third kappa shape index (κ3) is 4.33. The summed E-state index contributed by atoms with van der Waals surface area (Å²) in [5, 5.41) is 1.03. The van der Waals surface area contributed by atoms with Gasteiger partial charge in [-0.25, -0.2) is 4.79 Å². The van der Waals surface area contributed by atoms with Gasteiger partial charge in [-0.3, -0.25) is 0 Å². The van der Waals surface area contributed by atoms with Crippen LogP contribution < -0.4 is 4.74 Å². The molecule has 0 amide bonds. The molecule has 0 aliphatic rings. The summed E-state index contributed by atoms with van der Waals surface area (Å²) in [5.74, 6) is 0.439. The molecule has 0 N–H and O–H groups in total. The number of hydrogen-bond donors (Lipinski definition) is 0. The van der Waals surface area contributed by atoms with Crippen LogP contribution in [0.3, 0.4) is 0 Å². The van der Waals surface area contributed by atoms with Crippen molar-refractivity contribution in [2.75, 3.05) is 19.0 Å². The van der Waals surface area contributed by atoms with Gasteiger partial charge in [-0.2, -0.15) is 0 Å². The summed E-state index contributed by atoms with van der Waals surface area (Å²) in [6.45, 7) is 2.55. The fraction of sp³-hybridized carbons (Fsp3) is 0.500. The molecule has 1 rings (SSSR count). The molecule has 0 atom stereocenters. The standard InChI is InChI=1S/C14H19BrO3/c1-11-12(14(16)17-2)7-6-8-13(11)18-10-5-3-4-9-15/h6-8H,3-5,9-10H2,1-2H3. The molecule has 0 unspecified atom stereocenters. The van der Waals surface area contributed by atoms with Crippen LogP contribution in [0, 0.1) is 6.92 Å². The van der Waals surface area contributed by atoms with Gasteiger partial charge in [0.2, 0.25) is 0 Å². The second-order valence-electron chi connectivity index (χ2n) is 4.02. The minimum atomic E-state index is -0.322. The summed E-state index contributed by atoms with van der Waals surface area (Å²) in [5.41, 5.74) is 1.40. The summed E-state index contributed by atoms with van der Waals surface area (Å²) in [4.78, 5) is 11.5. The molecule has 0 saturated carbocycles. The Morgan fingerprint density at radius 3 is 2.72 bits per heavy atom. The third-order valence-corrected chi connectivity index (χ3v) is 3.29. The Kier molecular flexibility index (Phi) is 6.80. The molecule has 18 heavy (non-hydrogen) atoms. The summed E-state index contributed by atoms with van der Waals surface area (Å²) >= 11 is 3.40. The Morgan fingerprint density at radius 1 is 1.28 bits per heavy atom. The minimum absolute atomic E-state index is 0.322. The SMILES string of the molecule is COC(=O)c1cccc(OCCCCCBr)c1C. The number of alkyl halides is 1. The first kappa shape index (κ1) is 15.0. The van der Waals surface area contributed by atoms with Crippen molar-refractivity contribution in [2.45, 2.75) is 26.2 Å². The first-order chi connectivity index (χ1) is 8.70. The Morgan fingerprint density at radius 2 is 2.06 bits per heavy atom. The van der Waals surface area contributed by atoms with E-state index < -0.39 is 0 Å². The van der Waals surface area contributed by atoms with Gasteiger partial charge in [0, 0.05) is 10.9 Å². The number of unbranched alkanes of at least 4 members (excludes halogenated alkanes) is 2. The van der Waals surface area contributed by atoms with E-state index in [4.69, 9.17) is 9.47 Å². The maximum atomic E-state index is 11.5. The highest BCUT2D eigenvalue weighted by molar-refractivity contribution is 9.09. The lowest BCUT2D eigenvalue weighted by Gasteiger charge is -2.11. The van der Waals surface area contributed by atoms with E-state index in [1.807, 2.05) is 19.1 Å². The van der Waals surface area contributed by atoms with Gasteiger partial charge in [0.1, 0.15) is 5.75 Å². The van der Waals surface area contributed by atoms with E-state index in [1.165, 1.54) is 7.11 Å². The number of hydrogen-bond acceptors (Lipinski definition) is 3. The van der Waals surface area contributed by atoms with Crippen LogP contribution in [-0.4, -0.2) is 25.0 Å². The van der Waals surface area contributed by atoms with Gasteiger partial charge in [0.15, 0.2) is 0 Å². The summed E-state index contributed by atoms with van der Waals surface area (Å²) < 4.78 is 10.4. The normalized spacial score (nSPS) is 10.2. The second-order valence-corrected chi connectivity index (χ2v) is 4.81. The van der Waals surface area contributed by atoms with E-state index >= 15 is 0 Å². The molecule has 0 radical (unpaired) electrons. The maximum absolute atomic E-state index is 11.5. The number of esters is 1. The summed E-state index contributed by atoms with van der Waals surface area (Å²) in [6, 6.07) is 5.44.